The lowest BCUT2D eigenvalue weighted by molar-refractivity contribution is -0.124. The van der Waals surface area contributed by atoms with Gasteiger partial charge in [-0.25, -0.2) is 0 Å². The number of carbonyl (C=O) groups excluding carboxylic acids is 1. The van der Waals surface area contributed by atoms with E-state index in [0.29, 0.717) is 10.8 Å². The first-order valence-electron chi connectivity index (χ1n) is 4.05. The van der Waals surface area contributed by atoms with Gasteiger partial charge < -0.3 is 16.2 Å². The molecule has 0 bridgehead atoms. The Morgan fingerprint density at radius 2 is 2.00 bits per heavy atom. The van der Waals surface area contributed by atoms with E-state index in [1.54, 1.807) is 24.3 Å². The molecule has 0 aliphatic carbocycles. The predicted molar refractivity (Wildman–Crippen MR) is 54.1 cm³/mol. The summed E-state index contributed by atoms with van der Waals surface area (Å²) in [6.45, 7) is 0.0535. The standard InChI is InChI=1S/C9H11ClN2O2/c10-6-1-3-7(4-2-6)14-8(5-11)9(12)13/h1-4,8H,5,11H2,(H2,12,13). The van der Waals surface area contributed by atoms with Crippen LogP contribution in [0.1, 0.15) is 0 Å². The van der Waals surface area contributed by atoms with E-state index in [1.165, 1.54) is 0 Å². The Balaban J connectivity index is 2.67. The van der Waals surface area contributed by atoms with Crippen molar-refractivity contribution in [1.82, 2.24) is 0 Å². The van der Waals surface area contributed by atoms with Gasteiger partial charge in [0.1, 0.15) is 5.75 Å². The SMILES string of the molecule is NCC(Oc1ccc(Cl)cc1)C(N)=O. The molecule has 1 atom stereocenters. The predicted octanol–water partition coefficient (Wildman–Crippen LogP) is 0.531. The Morgan fingerprint density at radius 3 is 2.43 bits per heavy atom. The Labute approximate surface area is 86.8 Å². The molecule has 4 nitrogen and oxygen atoms in total. The first-order valence-corrected chi connectivity index (χ1v) is 4.43. The zero-order valence-corrected chi connectivity index (χ0v) is 8.20. The lowest BCUT2D eigenvalue weighted by atomic mass is 10.3. The Bertz CT molecular complexity index is 313. The fourth-order valence-corrected chi connectivity index (χ4v) is 1.03. The van der Waals surface area contributed by atoms with Crippen molar-refractivity contribution in [3.8, 4) is 5.75 Å². The minimum atomic E-state index is -0.795. The van der Waals surface area contributed by atoms with Crippen LogP contribution in [0, 0.1) is 0 Å². The maximum absolute atomic E-state index is 10.8. The fraction of sp³-hybridized carbons (Fsp3) is 0.222. The Morgan fingerprint density at radius 1 is 1.43 bits per heavy atom. The van der Waals surface area contributed by atoms with Crippen LogP contribution >= 0.6 is 11.6 Å². The minimum absolute atomic E-state index is 0.0535. The highest BCUT2D eigenvalue weighted by Crippen LogP contribution is 2.16. The highest BCUT2D eigenvalue weighted by Gasteiger charge is 2.14. The molecule has 1 aromatic rings. The van der Waals surface area contributed by atoms with Crippen molar-refractivity contribution < 1.29 is 9.53 Å². The van der Waals surface area contributed by atoms with Crippen molar-refractivity contribution >= 4 is 17.5 Å². The zero-order valence-electron chi connectivity index (χ0n) is 7.44. The molecule has 0 radical (unpaired) electrons. The average Bonchev–Trinajstić information content (AvgIpc) is 2.16. The third kappa shape index (κ3) is 2.90. The monoisotopic (exact) mass is 214 g/mol. The van der Waals surface area contributed by atoms with Crippen LogP contribution in [0.25, 0.3) is 0 Å². The molecule has 1 rings (SSSR count). The maximum atomic E-state index is 10.8. The van der Waals surface area contributed by atoms with Crippen LogP contribution in [0.4, 0.5) is 0 Å². The molecule has 0 heterocycles. The molecule has 0 aliphatic rings. The molecule has 0 spiro atoms. The number of halogens is 1. The molecule has 1 amide bonds. The van der Waals surface area contributed by atoms with E-state index < -0.39 is 12.0 Å². The lowest BCUT2D eigenvalue weighted by Gasteiger charge is -2.13. The summed E-state index contributed by atoms with van der Waals surface area (Å²) in [5.41, 5.74) is 10.4. The largest absolute Gasteiger partial charge is 0.479 e. The fourth-order valence-electron chi connectivity index (χ4n) is 0.900. The van der Waals surface area contributed by atoms with Gasteiger partial charge in [-0.3, -0.25) is 4.79 Å². The van der Waals surface area contributed by atoms with Gasteiger partial charge in [0.15, 0.2) is 6.10 Å². The summed E-state index contributed by atoms with van der Waals surface area (Å²) in [5.74, 6) is -0.0638. The highest BCUT2D eigenvalue weighted by molar-refractivity contribution is 6.30. The molecule has 76 valence electrons. The second-order valence-electron chi connectivity index (χ2n) is 2.70. The highest BCUT2D eigenvalue weighted by atomic mass is 35.5. The third-order valence-electron chi connectivity index (χ3n) is 1.62. The normalized spacial score (nSPS) is 12.1. The van der Waals surface area contributed by atoms with E-state index >= 15 is 0 Å². The van der Waals surface area contributed by atoms with Crippen LogP contribution in [-0.4, -0.2) is 18.6 Å². The van der Waals surface area contributed by atoms with Gasteiger partial charge in [-0.15, -0.1) is 0 Å². The smallest absolute Gasteiger partial charge is 0.259 e. The van der Waals surface area contributed by atoms with Gasteiger partial charge in [-0.05, 0) is 24.3 Å². The molecule has 0 saturated heterocycles. The number of primary amides is 1. The van der Waals surface area contributed by atoms with Gasteiger partial charge in [0, 0.05) is 11.6 Å². The van der Waals surface area contributed by atoms with Crippen LogP contribution in [0.15, 0.2) is 24.3 Å². The molecule has 5 heteroatoms. The molecule has 0 saturated carbocycles. The van der Waals surface area contributed by atoms with E-state index in [-0.39, 0.29) is 6.54 Å². The molecule has 0 fully saturated rings. The van der Waals surface area contributed by atoms with E-state index in [0.717, 1.165) is 0 Å². The molecule has 1 aromatic carbocycles. The van der Waals surface area contributed by atoms with Crippen molar-refractivity contribution in [2.45, 2.75) is 6.10 Å². The van der Waals surface area contributed by atoms with Gasteiger partial charge in [0.25, 0.3) is 5.91 Å². The minimum Gasteiger partial charge on any atom is -0.479 e. The maximum Gasteiger partial charge on any atom is 0.259 e. The quantitative estimate of drug-likeness (QED) is 0.768. The van der Waals surface area contributed by atoms with Gasteiger partial charge in [0.05, 0.1) is 0 Å². The van der Waals surface area contributed by atoms with Crippen molar-refractivity contribution in [1.29, 1.82) is 0 Å². The van der Waals surface area contributed by atoms with Crippen LogP contribution in [0.5, 0.6) is 5.75 Å². The van der Waals surface area contributed by atoms with Crippen LogP contribution in [0.3, 0.4) is 0 Å². The van der Waals surface area contributed by atoms with Gasteiger partial charge in [-0.1, -0.05) is 11.6 Å². The summed E-state index contributed by atoms with van der Waals surface area (Å²) < 4.78 is 5.22. The lowest BCUT2D eigenvalue weighted by Crippen LogP contribution is -2.39. The number of benzene rings is 1. The molecule has 0 aromatic heterocycles. The van der Waals surface area contributed by atoms with E-state index in [1.807, 2.05) is 0 Å². The second kappa shape index (κ2) is 4.83. The molecule has 0 aliphatic heterocycles. The summed E-state index contributed by atoms with van der Waals surface area (Å²) in [5, 5.41) is 0.598. The van der Waals surface area contributed by atoms with Gasteiger partial charge in [0.2, 0.25) is 0 Å². The summed E-state index contributed by atoms with van der Waals surface area (Å²) in [6.07, 6.45) is -0.795. The van der Waals surface area contributed by atoms with Gasteiger partial charge >= 0.3 is 0 Å². The molecule has 14 heavy (non-hydrogen) atoms. The average molecular weight is 215 g/mol. The van der Waals surface area contributed by atoms with Crippen LogP contribution < -0.4 is 16.2 Å². The summed E-state index contributed by atoms with van der Waals surface area (Å²) in [4.78, 5) is 10.8. The van der Waals surface area contributed by atoms with Crippen molar-refractivity contribution in [3.05, 3.63) is 29.3 Å². The Kier molecular flexibility index (Phi) is 3.73. The van der Waals surface area contributed by atoms with Crippen molar-refractivity contribution in [2.24, 2.45) is 11.5 Å². The number of carbonyl (C=O) groups is 1. The number of ether oxygens (including phenoxy) is 1. The second-order valence-corrected chi connectivity index (χ2v) is 3.13. The third-order valence-corrected chi connectivity index (χ3v) is 1.88. The Hall–Kier alpha value is -1.26. The number of amides is 1. The molecule has 1 unspecified atom stereocenters. The summed E-state index contributed by atoms with van der Waals surface area (Å²) >= 11 is 5.67. The van der Waals surface area contributed by atoms with Gasteiger partial charge in [-0.2, -0.15) is 0 Å². The van der Waals surface area contributed by atoms with E-state index in [2.05, 4.69) is 0 Å². The van der Waals surface area contributed by atoms with E-state index in [9.17, 15) is 4.79 Å². The topological polar surface area (TPSA) is 78.3 Å². The molecular weight excluding hydrogens is 204 g/mol. The molecule has 4 N–H and O–H groups in total. The zero-order chi connectivity index (χ0) is 10.6. The van der Waals surface area contributed by atoms with E-state index in [4.69, 9.17) is 27.8 Å². The summed E-state index contributed by atoms with van der Waals surface area (Å²) in [6, 6.07) is 6.61. The first-order chi connectivity index (χ1) is 6.63. The summed E-state index contributed by atoms with van der Waals surface area (Å²) in [7, 11) is 0. The number of rotatable bonds is 4. The molecular formula is C9H11ClN2O2. The van der Waals surface area contributed by atoms with Crippen LogP contribution in [0.2, 0.25) is 5.02 Å². The first kappa shape index (κ1) is 10.8. The number of nitrogens with two attached hydrogens (primary N) is 2. The van der Waals surface area contributed by atoms with Crippen LogP contribution in [-0.2, 0) is 4.79 Å². The van der Waals surface area contributed by atoms with Crippen molar-refractivity contribution in [2.75, 3.05) is 6.54 Å². The number of hydrogen-bond acceptors (Lipinski definition) is 3. The van der Waals surface area contributed by atoms with Crippen molar-refractivity contribution in [3.63, 3.8) is 0 Å². The number of hydrogen-bond donors (Lipinski definition) is 2.